The Morgan fingerprint density at radius 1 is 1.09 bits per heavy atom. The zero-order valence-electron chi connectivity index (χ0n) is 21.3. The van der Waals surface area contributed by atoms with Gasteiger partial charge in [-0.1, -0.05) is 104 Å². The van der Waals surface area contributed by atoms with Crippen LogP contribution in [0.25, 0.3) is 0 Å². The molecule has 0 aromatic heterocycles. The van der Waals surface area contributed by atoms with E-state index in [1.165, 1.54) is 12.1 Å². The average Bonchev–Trinajstić information content (AvgIpc) is 2.88. The van der Waals surface area contributed by atoms with Crippen LogP contribution in [0.2, 0.25) is 0 Å². The van der Waals surface area contributed by atoms with Gasteiger partial charge in [0.1, 0.15) is 0 Å². The molecule has 0 saturated carbocycles. The fraction of sp³-hybridized carbons (Fsp3) is 0.310. The van der Waals surface area contributed by atoms with E-state index in [1.54, 1.807) is 41.6 Å². The number of rotatable bonds is 6. The second-order valence-electron chi connectivity index (χ2n) is 6.88. The predicted molar refractivity (Wildman–Crippen MR) is 146 cm³/mol. The first kappa shape index (κ1) is 32.0. The minimum absolute atomic E-state index is 0.253. The Balaban J connectivity index is 0.00000274. The van der Waals surface area contributed by atoms with Gasteiger partial charge < -0.3 is 0 Å². The van der Waals surface area contributed by atoms with Gasteiger partial charge in [-0.2, -0.15) is 13.2 Å². The topological polar surface area (TPSA) is 43.1 Å². The van der Waals surface area contributed by atoms with Crippen molar-refractivity contribution in [2.75, 3.05) is 0 Å². The van der Waals surface area contributed by atoms with Crippen molar-refractivity contribution in [1.29, 1.82) is 0 Å². The Labute approximate surface area is 209 Å². The van der Waals surface area contributed by atoms with Gasteiger partial charge in [0.25, 0.3) is 0 Å². The summed E-state index contributed by atoms with van der Waals surface area (Å²) in [4.78, 5) is 11.6. The van der Waals surface area contributed by atoms with Crippen LogP contribution in [-0.4, -0.2) is 11.1 Å². The van der Waals surface area contributed by atoms with E-state index in [0.29, 0.717) is 28.9 Å². The van der Waals surface area contributed by atoms with Crippen molar-refractivity contribution in [3.8, 4) is 11.8 Å². The van der Waals surface area contributed by atoms with Crippen molar-refractivity contribution >= 4 is 20.5 Å². The van der Waals surface area contributed by atoms with Gasteiger partial charge in [0.05, 0.1) is 5.56 Å². The maximum Gasteiger partial charge on any atom is 0.416 e. The molecule has 2 rings (SSSR count). The first-order chi connectivity index (χ1) is 16.6. The summed E-state index contributed by atoms with van der Waals surface area (Å²) in [5, 5.41) is 7.67. The number of hydrogen-bond donors (Lipinski definition) is 1. The fourth-order valence-electron chi connectivity index (χ4n) is 3.07. The normalized spacial score (nSPS) is 12.6. The molecule has 0 spiro atoms. The van der Waals surface area contributed by atoms with Crippen LogP contribution in [0.15, 0.2) is 77.2 Å². The molecule has 2 aromatic rings. The van der Waals surface area contributed by atoms with Crippen LogP contribution in [0, 0.1) is 11.8 Å². The molecule has 0 heterocycles. The summed E-state index contributed by atoms with van der Waals surface area (Å²) >= 11 is 0. The van der Waals surface area contributed by atoms with E-state index in [0.717, 1.165) is 11.6 Å². The molecule has 2 N–H and O–H groups in total. The number of carbonyl (C=O) groups excluding carboxylic acids is 1. The summed E-state index contributed by atoms with van der Waals surface area (Å²) in [5.41, 5.74) is 1.90. The second kappa shape index (κ2) is 15.8. The maximum atomic E-state index is 13.2. The zero-order valence-corrected chi connectivity index (χ0v) is 22.1. The zero-order chi connectivity index (χ0) is 27.1. The fourth-order valence-corrected chi connectivity index (χ4v) is 3.83. The largest absolute Gasteiger partial charge is 0.416 e. The van der Waals surface area contributed by atoms with E-state index in [9.17, 15) is 18.0 Å². The third-order valence-electron chi connectivity index (χ3n) is 4.78. The van der Waals surface area contributed by atoms with Crippen LogP contribution in [0.3, 0.4) is 0 Å². The predicted octanol–water partition coefficient (Wildman–Crippen LogP) is 8.17. The Morgan fingerprint density at radius 3 is 2.26 bits per heavy atom. The van der Waals surface area contributed by atoms with E-state index in [2.05, 4.69) is 24.3 Å². The molecule has 0 fully saturated rings. The van der Waals surface area contributed by atoms with Gasteiger partial charge in [-0.05, 0) is 49.1 Å². The molecule has 0 aliphatic rings. The third kappa shape index (κ3) is 10.0. The molecule has 1 unspecified atom stereocenters. The van der Waals surface area contributed by atoms with Crippen LogP contribution in [-0.2, 0) is 17.4 Å². The van der Waals surface area contributed by atoms with Crippen molar-refractivity contribution in [1.82, 2.24) is 0 Å². The third-order valence-corrected chi connectivity index (χ3v) is 6.17. The number of aryl methyl sites for hydroxylation is 1. The van der Waals surface area contributed by atoms with E-state index in [-0.39, 0.29) is 12.0 Å². The van der Waals surface area contributed by atoms with Gasteiger partial charge in [0, 0.05) is 16.0 Å². The summed E-state index contributed by atoms with van der Waals surface area (Å²) in [5.74, 6) is 9.79. The Kier molecular flexibility index (Phi) is 14.5. The molecule has 2 aromatic carbocycles. The molecule has 2 nitrogen and oxygen atoms in total. The smallest absolute Gasteiger partial charge is 0.277 e. The van der Waals surface area contributed by atoms with Crippen molar-refractivity contribution in [3.05, 3.63) is 89.0 Å². The highest BCUT2D eigenvalue weighted by atomic mass is 32.2. The standard InChI is InChI=1S/C25H24F3NOS.2C2H6/c1-4-20(14-13-19-9-8-11-23(17-19)31(3,29)18-30)21(5-2)15-16-22-10-6-7-12-24(22)25(26,27)28;2*1-2/h4,6-12,17H,1,3,5,15-16,29H2,2H3;2*1-2H3/b21-20-;;. The average molecular weight is 504 g/mol. The van der Waals surface area contributed by atoms with Crippen LogP contribution in [0.4, 0.5) is 13.2 Å². The van der Waals surface area contributed by atoms with Crippen LogP contribution >= 0.6 is 9.39 Å². The first-order valence-electron chi connectivity index (χ1n) is 11.6. The molecule has 190 valence electrons. The molecular formula is C29H36F3NOS. The lowest BCUT2D eigenvalue weighted by atomic mass is 9.95. The molecule has 1 atom stereocenters. The van der Waals surface area contributed by atoms with Crippen molar-refractivity contribution < 1.29 is 18.0 Å². The highest BCUT2D eigenvalue weighted by molar-refractivity contribution is 8.26. The number of nitrogens with two attached hydrogens (primary N) is 1. The lowest BCUT2D eigenvalue weighted by Gasteiger charge is -2.13. The van der Waals surface area contributed by atoms with E-state index in [1.807, 2.05) is 34.6 Å². The summed E-state index contributed by atoms with van der Waals surface area (Å²) < 4.78 is 39.7. The lowest BCUT2D eigenvalue weighted by Crippen LogP contribution is -2.09. The summed E-state index contributed by atoms with van der Waals surface area (Å²) in [6.45, 7) is 13.7. The first-order valence-corrected chi connectivity index (χ1v) is 13.4. The molecular weight excluding hydrogens is 467 g/mol. The number of benzene rings is 2. The van der Waals surface area contributed by atoms with E-state index in [4.69, 9.17) is 5.14 Å². The minimum Gasteiger partial charge on any atom is -0.277 e. The molecule has 0 bridgehead atoms. The van der Waals surface area contributed by atoms with Gasteiger partial charge in [0.2, 0.25) is 0 Å². The highest BCUT2D eigenvalue weighted by Crippen LogP contribution is 2.33. The van der Waals surface area contributed by atoms with Crippen molar-refractivity contribution in [3.63, 3.8) is 0 Å². The molecule has 0 saturated heterocycles. The molecule has 35 heavy (non-hydrogen) atoms. The number of halogens is 3. The van der Waals surface area contributed by atoms with Gasteiger partial charge in [-0.15, -0.1) is 0 Å². The van der Waals surface area contributed by atoms with Gasteiger partial charge >= 0.3 is 6.18 Å². The highest BCUT2D eigenvalue weighted by Gasteiger charge is 2.32. The summed E-state index contributed by atoms with van der Waals surface area (Å²) in [6, 6.07) is 12.5. The second-order valence-corrected chi connectivity index (χ2v) is 9.11. The van der Waals surface area contributed by atoms with Crippen molar-refractivity contribution in [2.24, 2.45) is 5.14 Å². The molecule has 0 radical (unpaired) electrons. The van der Waals surface area contributed by atoms with E-state index < -0.39 is 21.1 Å². The summed E-state index contributed by atoms with van der Waals surface area (Å²) in [7, 11) is -2.39. The molecule has 0 aliphatic carbocycles. The van der Waals surface area contributed by atoms with E-state index >= 15 is 0 Å². The number of hydrogen-bond acceptors (Lipinski definition) is 2. The monoisotopic (exact) mass is 503 g/mol. The van der Waals surface area contributed by atoms with Crippen LogP contribution < -0.4 is 5.14 Å². The molecule has 0 amide bonds. The van der Waals surface area contributed by atoms with Crippen LogP contribution in [0.5, 0.6) is 0 Å². The molecule has 0 aliphatic heterocycles. The molecule has 6 heteroatoms. The Hall–Kier alpha value is -2.97. The maximum absolute atomic E-state index is 13.2. The van der Waals surface area contributed by atoms with Crippen molar-refractivity contribution in [2.45, 2.75) is 65.0 Å². The van der Waals surface area contributed by atoms with Gasteiger partial charge in [0.15, 0.2) is 5.23 Å². The van der Waals surface area contributed by atoms with Crippen LogP contribution in [0.1, 0.15) is 64.2 Å². The SMILES string of the molecule is C=C/C(C#Cc1cccc(S(=C)(N)=C=O)c1)=C(\CC)CCc1ccccc1C(F)(F)F.CC.CC. The number of alkyl halides is 3. The Morgan fingerprint density at radius 2 is 1.71 bits per heavy atom. The lowest BCUT2D eigenvalue weighted by molar-refractivity contribution is -0.138. The Bertz CT molecular complexity index is 1200. The number of allylic oxidation sites excluding steroid dienone is 3. The minimum atomic E-state index is -4.38. The van der Waals surface area contributed by atoms with Gasteiger partial charge in [-0.3, -0.25) is 5.14 Å². The summed E-state index contributed by atoms with van der Waals surface area (Å²) in [6.07, 6.45) is -1.44. The quantitative estimate of drug-likeness (QED) is 0.245. The van der Waals surface area contributed by atoms with Gasteiger partial charge in [-0.25, -0.2) is 4.79 Å².